The topological polar surface area (TPSA) is 76.9 Å². The number of nitrogens with one attached hydrogen (secondary N) is 1. The van der Waals surface area contributed by atoms with Crippen LogP contribution >= 0.6 is 11.3 Å². The maximum absolute atomic E-state index is 12.5. The number of thiazole rings is 1. The Morgan fingerprint density at radius 3 is 2.40 bits per heavy atom. The smallest absolute Gasteiger partial charge is 0.282 e. The number of aryl methyl sites for hydroxylation is 1. The first-order chi connectivity index (χ1) is 11.9. The van der Waals surface area contributed by atoms with Gasteiger partial charge in [-0.2, -0.15) is 8.42 Å². The van der Waals surface area contributed by atoms with E-state index in [4.69, 9.17) is 4.98 Å². The first-order valence-electron chi connectivity index (χ1n) is 8.89. The molecule has 0 amide bonds. The van der Waals surface area contributed by atoms with Gasteiger partial charge in [-0.3, -0.25) is 4.72 Å². The second-order valence-electron chi connectivity index (χ2n) is 8.22. The lowest BCUT2D eigenvalue weighted by molar-refractivity contribution is -0.00688. The molecule has 0 unspecified atom stereocenters. The first-order valence-corrected chi connectivity index (χ1v) is 11.2. The van der Waals surface area contributed by atoms with Crippen LogP contribution in [0.1, 0.15) is 44.2 Å². The summed E-state index contributed by atoms with van der Waals surface area (Å²) in [6, 6.07) is 0. The minimum absolute atomic E-state index is 0.0292. The normalized spacial score (nSPS) is 33.7. The fourth-order valence-corrected chi connectivity index (χ4v) is 7.75. The Kier molecular flexibility index (Phi) is 3.35. The summed E-state index contributed by atoms with van der Waals surface area (Å²) >= 11 is 1.39. The zero-order valence-corrected chi connectivity index (χ0v) is 15.8. The molecule has 6 nitrogen and oxygen atoms in total. The second-order valence-corrected chi connectivity index (χ2v) is 10.7. The molecule has 134 valence electrons. The Bertz CT molecular complexity index is 879. The van der Waals surface area contributed by atoms with Crippen molar-refractivity contribution in [1.82, 2.24) is 14.5 Å². The van der Waals surface area contributed by atoms with Gasteiger partial charge in [0, 0.05) is 24.0 Å². The Balaban J connectivity index is 1.41. The van der Waals surface area contributed by atoms with Gasteiger partial charge in [0.05, 0.1) is 12.0 Å². The summed E-state index contributed by atoms with van der Waals surface area (Å²) in [6.45, 7) is 0. The van der Waals surface area contributed by atoms with Gasteiger partial charge in [0.1, 0.15) is 0 Å². The van der Waals surface area contributed by atoms with E-state index in [9.17, 15) is 8.42 Å². The lowest BCUT2D eigenvalue weighted by Gasteiger charge is -2.56. The number of anilines is 1. The Morgan fingerprint density at radius 2 is 1.84 bits per heavy atom. The molecule has 4 fully saturated rings. The standard InChI is InChI=1S/C17H22N4O2S2/c1-21-8-15(18-10-21)25(22,23)20-16-19-14(9-24-16)17-5-11-2-12(6-17)4-13(3-11)7-17/h8-13H,2-7H2,1H3,(H,19,20). The van der Waals surface area contributed by atoms with Crippen LogP contribution in [-0.2, 0) is 22.5 Å². The second kappa shape index (κ2) is 5.30. The van der Waals surface area contributed by atoms with E-state index in [1.54, 1.807) is 11.6 Å². The maximum atomic E-state index is 12.5. The number of imidazole rings is 1. The van der Waals surface area contributed by atoms with E-state index >= 15 is 0 Å². The van der Waals surface area contributed by atoms with Crippen LogP contribution in [0.15, 0.2) is 22.9 Å². The molecule has 0 spiro atoms. The van der Waals surface area contributed by atoms with Gasteiger partial charge < -0.3 is 4.57 Å². The number of rotatable bonds is 4. The zero-order valence-electron chi connectivity index (χ0n) is 14.2. The predicted molar refractivity (Wildman–Crippen MR) is 96.0 cm³/mol. The molecular weight excluding hydrogens is 356 g/mol. The van der Waals surface area contributed by atoms with Crippen LogP contribution in [0, 0.1) is 17.8 Å². The Labute approximate surface area is 151 Å². The molecule has 1 N–H and O–H groups in total. The largest absolute Gasteiger partial charge is 0.339 e. The molecule has 0 radical (unpaired) electrons. The Morgan fingerprint density at radius 1 is 1.20 bits per heavy atom. The predicted octanol–water partition coefficient (Wildman–Crippen LogP) is 3.15. The van der Waals surface area contributed by atoms with Gasteiger partial charge in [0.15, 0.2) is 10.2 Å². The van der Waals surface area contributed by atoms with Crippen LogP contribution in [0.4, 0.5) is 5.13 Å². The fraction of sp³-hybridized carbons (Fsp3) is 0.647. The van der Waals surface area contributed by atoms with E-state index < -0.39 is 10.0 Å². The van der Waals surface area contributed by atoms with Crippen LogP contribution in [0.5, 0.6) is 0 Å². The fourth-order valence-electron chi connectivity index (χ4n) is 5.68. The highest BCUT2D eigenvalue weighted by atomic mass is 32.2. The molecular formula is C17H22N4O2S2. The summed E-state index contributed by atoms with van der Waals surface area (Å²) in [4.78, 5) is 8.65. The highest BCUT2D eigenvalue weighted by Crippen LogP contribution is 2.60. The third-order valence-electron chi connectivity index (χ3n) is 6.26. The third kappa shape index (κ3) is 2.61. The van der Waals surface area contributed by atoms with Crippen molar-refractivity contribution in [1.29, 1.82) is 0 Å². The van der Waals surface area contributed by atoms with Gasteiger partial charge in [-0.25, -0.2) is 9.97 Å². The van der Waals surface area contributed by atoms with E-state index in [-0.39, 0.29) is 10.4 Å². The van der Waals surface area contributed by atoms with Crippen molar-refractivity contribution in [3.63, 3.8) is 0 Å². The van der Waals surface area contributed by atoms with Crippen LogP contribution in [0.3, 0.4) is 0 Å². The van der Waals surface area contributed by atoms with Crippen molar-refractivity contribution in [3.05, 3.63) is 23.6 Å². The molecule has 0 atom stereocenters. The molecule has 8 heteroatoms. The molecule has 4 bridgehead atoms. The molecule has 0 aromatic carbocycles. The van der Waals surface area contributed by atoms with Crippen molar-refractivity contribution in [2.45, 2.75) is 49.0 Å². The number of nitrogens with zero attached hydrogens (tertiary/aromatic N) is 3. The van der Waals surface area contributed by atoms with E-state index in [1.807, 2.05) is 0 Å². The van der Waals surface area contributed by atoms with Crippen LogP contribution in [0.2, 0.25) is 0 Å². The third-order valence-corrected chi connectivity index (χ3v) is 8.37. The molecule has 25 heavy (non-hydrogen) atoms. The SMILES string of the molecule is Cn1cnc(S(=O)(=O)Nc2nc(C34CC5CC(CC(C5)C3)C4)cs2)c1. The van der Waals surface area contributed by atoms with Gasteiger partial charge in [-0.1, -0.05) is 0 Å². The van der Waals surface area contributed by atoms with E-state index in [1.165, 1.54) is 62.4 Å². The molecule has 2 aromatic heterocycles. The molecule has 0 aliphatic heterocycles. The molecule has 0 saturated heterocycles. The van der Waals surface area contributed by atoms with Gasteiger partial charge in [0.25, 0.3) is 10.0 Å². The monoisotopic (exact) mass is 378 g/mol. The van der Waals surface area contributed by atoms with Crippen molar-refractivity contribution in [3.8, 4) is 0 Å². The van der Waals surface area contributed by atoms with Gasteiger partial charge >= 0.3 is 0 Å². The summed E-state index contributed by atoms with van der Waals surface area (Å²) in [7, 11) is -1.92. The minimum atomic E-state index is -3.67. The lowest BCUT2D eigenvalue weighted by Crippen LogP contribution is -2.48. The number of aromatic nitrogens is 3. The van der Waals surface area contributed by atoms with E-state index in [0.29, 0.717) is 5.13 Å². The number of hydrogen-bond donors (Lipinski definition) is 1. The van der Waals surface area contributed by atoms with Crippen molar-refractivity contribution < 1.29 is 8.42 Å². The minimum Gasteiger partial charge on any atom is -0.339 e. The van der Waals surface area contributed by atoms with Crippen molar-refractivity contribution >= 4 is 26.5 Å². The summed E-state index contributed by atoms with van der Waals surface area (Å²) in [6.07, 6.45) is 10.8. The van der Waals surface area contributed by atoms with Crippen molar-refractivity contribution in [2.24, 2.45) is 24.8 Å². The van der Waals surface area contributed by atoms with Crippen LogP contribution in [-0.4, -0.2) is 23.0 Å². The highest BCUT2D eigenvalue weighted by molar-refractivity contribution is 7.92. The summed E-state index contributed by atoms with van der Waals surface area (Å²) in [5.41, 5.74) is 1.30. The molecule has 4 saturated carbocycles. The molecule has 6 rings (SSSR count). The van der Waals surface area contributed by atoms with Gasteiger partial charge in [0.2, 0.25) is 0 Å². The molecule has 4 aliphatic rings. The Hall–Kier alpha value is -1.41. The van der Waals surface area contributed by atoms with E-state index in [2.05, 4.69) is 15.1 Å². The molecule has 2 heterocycles. The maximum Gasteiger partial charge on any atom is 0.282 e. The summed E-state index contributed by atoms with van der Waals surface area (Å²) in [5.74, 6) is 2.55. The summed E-state index contributed by atoms with van der Waals surface area (Å²) < 4.78 is 29.1. The van der Waals surface area contributed by atoms with Crippen LogP contribution in [0.25, 0.3) is 0 Å². The van der Waals surface area contributed by atoms with Gasteiger partial charge in [-0.05, 0) is 56.3 Å². The van der Waals surface area contributed by atoms with Gasteiger partial charge in [-0.15, -0.1) is 11.3 Å². The molecule has 2 aromatic rings. The van der Waals surface area contributed by atoms with E-state index in [0.717, 1.165) is 23.4 Å². The first kappa shape index (κ1) is 15.8. The molecule has 4 aliphatic carbocycles. The number of sulfonamides is 1. The average Bonchev–Trinajstić information content (AvgIpc) is 3.15. The average molecular weight is 379 g/mol. The van der Waals surface area contributed by atoms with Crippen LogP contribution < -0.4 is 4.72 Å². The lowest BCUT2D eigenvalue weighted by atomic mass is 9.49. The summed E-state index contributed by atoms with van der Waals surface area (Å²) in [5, 5.41) is 2.56. The number of hydrogen-bond acceptors (Lipinski definition) is 5. The highest BCUT2D eigenvalue weighted by Gasteiger charge is 2.52. The quantitative estimate of drug-likeness (QED) is 0.887. The van der Waals surface area contributed by atoms with Crippen molar-refractivity contribution in [2.75, 3.05) is 4.72 Å². The zero-order chi connectivity index (χ0) is 17.2.